The maximum atomic E-state index is 13.6. The van der Waals surface area contributed by atoms with Crippen LogP contribution in [0.15, 0.2) is 66.7 Å². The number of benzene rings is 3. The second-order valence-electron chi connectivity index (χ2n) is 6.54. The van der Waals surface area contributed by atoms with Crippen molar-refractivity contribution < 1.29 is 32.5 Å². The largest absolute Gasteiger partial charge is 0.488 e. The van der Waals surface area contributed by atoms with E-state index in [0.29, 0.717) is 0 Å². The first kappa shape index (κ1) is 21.4. The third-order valence-electron chi connectivity index (χ3n) is 4.47. The fourth-order valence-electron chi connectivity index (χ4n) is 3.12. The lowest BCUT2D eigenvalue weighted by Crippen LogP contribution is -2.19. The molecule has 3 rings (SSSR count). The maximum Gasteiger partial charge on any atom is 0.417 e. The smallest absolute Gasteiger partial charge is 0.417 e. The first-order valence-corrected chi connectivity index (χ1v) is 9.09. The van der Waals surface area contributed by atoms with Crippen LogP contribution >= 0.6 is 0 Å². The molecule has 3 aromatic carbocycles. The van der Waals surface area contributed by atoms with Gasteiger partial charge in [0.1, 0.15) is 23.7 Å². The van der Waals surface area contributed by atoms with Crippen molar-refractivity contribution in [2.75, 3.05) is 0 Å². The highest BCUT2D eigenvalue weighted by molar-refractivity contribution is 5.96. The van der Waals surface area contributed by atoms with Crippen molar-refractivity contribution >= 4 is 5.97 Å². The Morgan fingerprint density at radius 2 is 1.60 bits per heavy atom. The Morgan fingerprint density at radius 1 is 1.00 bits per heavy atom. The molecule has 156 valence electrons. The SMILES string of the molecule is Cc1c(C(=O)Oc2ccccc2)c(OCc2ccccc2)cc(CO)c1C(F)(F)F. The van der Waals surface area contributed by atoms with E-state index in [-0.39, 0.29) is 34.8 Å². The summed E-state index contributed by atoms with van der Waals surface area (Å²) in [4.78, 5) is 12.8. The van der Waals surface area contributed by atoms with Gasteiger partial charge in [-0.15, -0.1) is 0 Å². The number of aliphatic hydroxyl groups is 1. The highest BCUT2D eigenvalue weighted by Crippen LogP contribution is 2.40. The zero-order valence-corrected chi connectivity index (χ0v) is 16.1. The Bertz CT molecular complexity index is 1020. The van der Waals surface area contributed by atoms with Gasteiger partial charge in [0.2, 0.25) is 0 Å². The van der Waals surface area contributed by atoms with Gasteiger partial charge in [-0.05, 0) is 41.8 Å². The van der Waals surface area contributed by atoms with Crippen LogP contribution in [0.3, 0.4) is 0 Å². The Morgan fingerprint density at radius 3 is 2.17 bits per heavy atom. The van der Waals surface area contributed by atoms with Gasteiger partial charge in [-0.25, -0.2) is 4.79 Å². The molecule has 0 spiro atoms. The van der Waals surface area contributed by atoms with Gasteiger partial charge >= 0.3 is 12.1 Å². The normalized spacial score (nSPS) is 11.2. The number of aliphatic hydroxyl groups excluding tert-OH is 1. The van der Waals surface area contributed by atoms with E-state index in [9.17, 15) is 23.1 Å². The Kier molecular flexibility index (Phi) is 6.42. The summed E-state index contributed by atoms with van der Waals surface area (Å²) in [5.74, 6) is -0.873. The predicted octanol–water partition coefficient (Wildman–Crippen LogP) is 5.30. The molecule has 1 N–H and O–H groups in total. The molecule has 4 nitrogen and oxygen atoms in total. The minimum absolute atomic E-state index is 0.0299. The summed E-state index contributed by atoms with van der Waals surface area (Å²) in [6.07, 6.45) is -4.76. The standard InChI is InChI=1S/C23H19F3O4/c1-15-20(22(28)30-18-10-6-3-7-11-18)19(29-14-16-8-4-2-5-9-16)12-17(13-27)21(15)23(24,25)26/h2-12,27H,13-14H2,1H3. The molecule has 7 heteroatoms. The van der Waals surface area contributed by atoms with Gasteiger partial charge in [0.05, 0.1) is 12.2 Å². The lowest BCUT2D eigenvalue weighted by Gasteiger charge is -2.20. The van der Waals surface area contributed by atoms with Crippen molar-refractivity contribution in [3.05, 3.63) is 94.5 Å². The zero-order valence-electron chi connectivity index (χ0n) is 16.1. The van der Waals surface area contributed by atoms with Gasteiger partial charge in [0, 0.05) is 0 Å². The van der Waals surface area contributed by atoms with E-state index in [1.807, 2.05) is 6.07 Å². The molecule has 0 aromatic heterocycles. The summed E-state index contributed by atoms with van der Waals surface area (Å²) in [6, 6.07) is 18.0. The van der Waals surface area contributed by atoms with E-state index in [4.69, 9.17) is 9.47 Å². The molecule has 0 saturated heterocycles. The first-order valence-electron chi connectivity index (χ1n) is 9.09. The van der Waals surface area contributed by atoms with E-state index in [0.717, 1.165) is 11.6 Å². The highest BCUT2D eigenvalue weighted by Gasteiger charge is 2.38. The average Bonchev–Trinajstić information content (AvgIpc) is 2.72. The van der Waals surface area contributed by atoms with Gasteiger partial charge in [-0.1, -0.05) is 48.5 Å². The molecule has 0 radical (unpaired) electrons. The quantitative estimate of drug-likeness (QED) is 0.437. The van der Waals surface area contributed by atoms with Crippen LogP contribution in [0, 0.1) is 6.92 Å². The lowest BCUT2D eigenvalue weighted by molar-refractivity contribution is -0.139. The molecule has 0 saturated carbocycles. The van der Waals surface area contributed by atoms with Crippen molar-refractivity contribution in [1.29, 1.82) is 0 Å². The van der Waals surface area contributed by atoms with E-state index in [1.54, 1.807) is 42.5 Å². The van der Waals surface area contributed by atoms with Gasteiger partial charge in [-0.2, -0.15) is 13.2 Å². The highest BCUT2D eigenvalue weighted by atomic mass is 19.4. The van der Waals surface area contributed by atoms with Crippen molar-refractivity contribution in [3.8, 4) is 11.5 Å². The second-order valence-corrected chi connectivity index (χ2v) is 6.54. The minimum atomic E-state index is -4.76. The summed E-state index contributed by atoms with van der Waals surface area (Å²) in [5, 5.41) is 9.51. The third kappa shape index (κ3) is 4.80. The number of esters is 1. The van der Waals surface area contributed by atoms with E-state index in [1.165, 1.54) is 19.1 Å². The molecule has 0 heterocycles. The average molecular weight is 416 g/mol. The van der Waals surface area contributed by atoms with E-state index >= 15 is 0 Å². The van der Waals surface area contributed by atoms with Crippen LogP contribution in [-0.2, 0) is 19.4 Å². The van der Waals surface area contributed by atoms with Crippen LogP contribution in [-0.4, -0.2) is 11.1 Å². The van der Waals surface area contributed by atoms with Crippen LogP contribution in [0.5, 0.6) is 11.5 Å². The van der Waals surface area contributed by atoms with Crippen LogP contribution in [0.2, 0.25) is 0 Å². The predicted molar refractivity (Wildman–Crippen MR) is 104 cm³/mol. The number of carbonyl (C=O) groups excluding carboxylic acids is 1. The molecule has 0 atom stereocenters. The van der Waals surface area contributed by atoms with E-state index in [2.05, 4.69) is 0 Å². The first-order chi connectivity index (χ1) is 14.3. The zero-order chi connectivity index (χ0) is 21.7. The molecule has 3 aromatic rings. The Labute approximate surface area is 171 Å². The monoisotopic (exact) mass is 416 g/mol. The Balaban J connectivity index is 2.06. The number of para-hydroxylation sites is 1. The summed E-state index contributed by atoms with van der Waals surface area (Å²) < 4.78 is 51.9. The number of ether oxygens (including phenoxy) is 2. The topological polar surface area (TPSA) is 55.8 Å². The minimum Gasteiger partial charge on any atom is -0.488 e. The molecule has 0 aliphatic carbocycles. The van der Waals surface area contributed by atoms with Gasteiger partial charge in [-0.3, -0.25) is 0 Å². The van der Waals surface area contributed by atoms with Gasteiger partial charge in [0.15, 0.2) is 0 Å². The van der Waals surface area contributed by atoms with Crippen LogP contribution in [0.1, 0.15) is 32.6 Å². The molecule has 0 aliphatic heterocycles. The lowest BCUT2D eigenvalue weighted by atomic mass is 9.95. The number of rotatable bonds is 6. The summed E-state index contributed by atoms with van der Waals surface area (Å²) in [7, 11) is 0. The fourth-order valence-corrected chi connectivity index (χ4v) is 3.12. The van der Waals surface area contributed by atoms with Gasteiger partial charge in [0.25, 0.3) is 0 Å². The number of hydrogen-bond acceptors (Lipinski definition) is 4. The maximum absolute atomic E-state index is 13.6. The van der Waals surface area contributed by atoms with Crippen molar-refractivity contribution in [3.63, 3.8) is 0 Å². The van der Waals surface area contributed by atoms with Crippen molar-refractivity contribution in [2.45, 2.75) is 26.3 Å². The third-order valence-corrected chi connectivity index (χ3v) is 4.47. The number of alkyl halides is 3. The summed E-state index contributed by atoms with van der Waals surface area (Å²) in [6.45, 7) is 0.340. The van der Waals surface area contributed by atoms with Crippen molar-refractivity contribution in [1.82, 2.24) is 0 Å². The summed E-state index contributed by atoms with van der Waals surface area (Å²) in [5.41, 5.74) is -1.38. The number of halogens is 3. The van der Waals surface area contributed by atoms with Crippen LogP contribution < -0.4 is 9.47 Å². The fraction of sp³-hybridized carbons (Fsp3) is 0.174. The molecule has 0 amide bonds. The molecule has 0 unspecified atom stereocenters. The molecule has 0 bridgehead atoms. The number of carbonyl (C=O) groups is 1. The number of hydrogen-bond donors (Lipinski definition) is 1. The molecule has 30 heavy (non-hydrogen) atoms. The van der Waals surface area contributed by atoms with Crippen LogP contribution in [0.4, 0.5) is 13.2 Å². The second kappa shape index (κ2) is 9.00. The Hall–Kier alpha value is -3.32. The van der Waals surface area contributed by atoms with Crippen LogP contribution in [0.25, 0.3) is 0 Å². The molecular formula is C23H19F3O4. The van der Waals surface area contributed by atoms with Gasteiger partial charge < -0.3 is 14.6 Å². The molecular weight excluding hydrogens is 397 g/mol. The summed E-state index contributed by atoms with van der Waals surface area (Å²) >= 11 is 0. The molecule has 0 aliphatic rings. The van der Waals surface area contributed by atoms with E-state index < -0.39 is 24.3 Å². The van der Waals surface area contributed by atoms with Crippen molar-refractivity contribution in [2.24, 2.45) is 0 Å². The molecule has 0 fully saturated rings.